The molecule has 0 heterocycles. The molecule has 1 atom stereocenters. The molecule has 88 valence electrons. The molecule has 0 amide bonds. The molecule has 1 aliphatic carbocycles. The predicted octanol–water partition coefficient (Wildman–Crippen LogP) is 3.15. The van der Waals surface area contributed by atoms with Crippen LogP contribution in [-0.2, 0) is 0 Å². The van der Waals surface area contributed by atoms with E-state index >= 15 is 0 Å². The second kappa shape index (κ2) is 5.35. The maximum Gasteiger partial charge on any atom is 0.118 e. The molecule has 0 aromatic heterocycles. The van der Waals surface area contributed by atoms with Gasteiger partial charge in [0.2, 0.25) is 0 Å². The minimum absolute atomic E-state index is 0.547. The van der Waals surface area contributed by atoms with E-state index in [-0.39, 0.29) is 0 Å². The normalized spacial score (nSPS) is 17.1. The van der Waals surface area contributed by atoms with Crippen LogP contribution in [0.2, 0.25) is 0 Å². The maximum atomic E-state index is 5.19. The first kappa shape index (κ1) is 11.5. The van der Waals surface area contributed by atoms with E-state index in [9.17, 15) is 0 Å². The monoisotopic (exact) mass is 219 g/mol. The van der Waals surface area contributed by atoms with Crippen LogP contribution in [0, 0.1) is 5.92 Å². The third-order valence-corrected chi connectivity index (χ3v) is 3.18. The third kappa shape index (κ3) is 2.76. The van der Waals surface area contributed by atoms with Crippen molar-refractivity contribution < 1.29 is 4.74 Å². The van der Waals surface area contributed by atoms with Gasteiger partial charge in [-0.05, 0) is 49.4 Å². The zero-order valence-electron chi connectivity index (χ0n) is 10.2. The Morgan fingerprint density at radius 1 is 1.31 bits per heavy atom. The molecular formula is C14H21NO. The molecule has 0 spiro atoms. The van der Waals surface area contributed by atoms with Crippen molar-refractivity contribution in [2.45, 2.75) is 32.2 Å². The summed E-state index contributed by atoms with van der Waals surface area (Å²) in [5, 5.41) is 3.64. The second-order valence-corrected chi connectivity index (χ2v) is 4.54. The first-order valence-corrected chi connectivity index (χ1v) is 6.22. The molecule has 2 nitrogen and oxygen atoms in total. The van der Waals surface area contributed by atoms with Crippen molar-refractivity contribution >= 4 is 0 Å². The van der Waals surface area contributed by atoms with E-state index in [0.717, 1.165) is 18.2 Å². The van der Waals surface area contributed by atoms with Crippen LogP contribution in [0.5, 0.6) is 5.75 Å². The van der Waals surface area contributed by atoms with E-state index in [1.54, 1.807) is 7.11 Å². The largest absolute Gasteiger partial charge is 0.497 e. The quantitative estimate of drug-likeness (QED) is 0.793. The minimum atomic E-state index is 0.547. The van der Waals surface area contributed by atoms with Gasteiger partial charge in [-0.15, -0.1) is 0 Å². The summed E-state index contributed by atoms with van der Waals surface area (Å²) in [4.78, 5) is 0. The Hall–Kier alpha value is -1.02. The molecule has 0 aliphatic heterocycles. The van der Waals surface area contributed by atoms with Crippen LogP contribution in [0.1, 0.15) is 37.8 Å². The lowest BCUT2D eigenvalue weighted by atomic mass is 10.0. The Balaban J connectivity index is 2.05. The molecule has 0 bridgehead atoms. The Kier molecular flexibility index (Phi) is 3.83. The molecule has 1 fully saturated rings. The van der Waals surface area contributed by atoms with Gasteiger partial charge in [0.05, 0.1) is 7.11 Å². The molecule has 1 aromatic rings. The molecule has 1 unspecified atom stereocenters. The summed E-state index contributed by atoms with van der Waals surface area (Å²) in [6.07, 6.45) is 3.93. The summed E-state index contributed by atoms with van der Waals surface area (Å²) in [5.74, 6) is 1.79. The first-order valence-electron chi connectivity index (χ1n) is 6.22. The zero-order valence-corrected chi connectivity index (χ0v) is 10.2. The number of hydrogen-bond donors (Lipinski definition) is 1. The lowest BCUT2D eigenvalue weighted by Gasteiger charge is -2.18. The maximum absolute atomic E-state index is 5.19. The highest BCUT2D eigenvalue weighted by Gasteiger charge is 2.31. The van der Waals surface area contributed by atoms with Crippen LogP contribution in [0.25, 0.3) is 0 Å². The fourth-order valence-corrected chi connectivity index (χ4v) is 2.10. The summed E-state index contributed by atoms with van der Waals surface area (Å²) in [6, 6.07) is 9.02. The van der Waals surface area contributed by atoms with Gasteiger partial charge in [-0.1, -0.05) is 19.1 Å². The zero-order chi connectivity index (χ0) is 11.4. The molecule has 1 aliphatic rings. The average molecular weight is 219 g/mol. The van der Waals surface area contributed by atoms with Crippen molar-refractivity contribution in [2.75, 3.05) is 13.7 Å². The molecular weight excluding hydrogens is 198 g/mol. The average Bonchev–Trinajstić information content (AvgIpc) is 3.15. The highest BCUT2D eigenvalue weighted by molar-refractivity contribution is 5.30. The smallest absolute Gasteiger partial charge is 0.118 e. The van der Waals surface area contributed by atoms with Crippen molar-refractivity contribution in [1.29, 1.82) is 0 Å². The molecule has 0 saturated heterocycles. The van der Waals surface area contributed by atoms with Gasteiger partial charge in [0, 0.05) is 6.04 Å². The Labute approximate surface area is 98.0 Å². The Bertz CT molecular complexity index is 316. The molecule has 1 N–H and O–H groups in total. The standard InChI is InChI=1S/C14H21NO/c1-3-10-15-14(11-4-5-11)12-6-8-13(16-2)9-7-12/h6-9,11,14-15H,3-5,10H2,1-2H3. The topological polar surface area (TPSA) is 21.3 Å². The van der Waals surface area contributed by atoms with E-state index in [4.69, 9.17) is 4.74 Å². The lowest BCUT2D eigenvalue weighted by molar-refractivity contribution is 0.413. The highest BCUT2D eigenvalue weighted by atomic mass is 16.5. The molecule has 2 rings (SSSR count). The summed E-state index contributed by atoms with van der Waals surface area (Å²) >= 11 is 0. The number of methoxy groups -OCH3 is 1. The minimum Gasteiger partial charge on any atom is -0.497 e. The lowest BCUT2D eigenvalue weighted by Crippen LogP contribution is -2.23. The van der Waals surface area contributed by atoms with Gasteiger partial charge >= 0.3 is 0 Å². The van der Waals surface area contributed by atoms with Gasteiger partial charge in [-0.2, -0.15) is 0 Å². The molecule has 2 heteroatoms. The highest BCUT2D eigenvalue weighted by Crippen LogP contribution is 2.41. The van der Waals surface area contributed by atoms with Crippen molar-refractivity contribution in [3.8, 4) is 5.75 Å². The van der Waals surface area contributed by atoms with E-state index < -0.39 is 0 Å². The second-order valence-electron chi connectivity index (χ2n) is 4.54. The Morgan fingerprint density at radius 3 is 2.50 bits per heavy atom. The summed E-state index contributed by atoms with van der Waals surface area (Å²) in [6.45, 7) is 3.32. The molecule has 1 saturated carbocycles. The van der Waals surface area contributed by atoms with E-state index in [2.05, 4.69) is 36.5 Å². The number of ether oxygens (including phenoxy) is 1. The number of nitrogens with one attached hydrogen (secondary N) is 1. The van der Waals surface area contributed by atoms with Crippen LogP contribution in [0.4, 0.5) is 0 Å². The van der Waals surface area contributed by atoms with E-state index in [1.165, 1.54) is 24.8 Å². The Morgan fingerprint density at radius 2 is 2.00 bits per heavy atom. The first-order chi connectivity index (χ1) is 7.85. The SMILES string of the molecule is CCCNC(c1ccc(OC)cc1)C1CC1. The van der Waals surface area contributed by atoms with Crippen LogP contribution >= 0.6 is 0 Å². The van der Waals surface area contributed by atoms with Crippen molar-refractivity contribution in [2.24, 2.45) is 5.92 Å². The molecule has 0 radical (unpaired) electrons. The third-order valence-electron chi connectivity index (χ3n) is 3.18. The van der Waals surface area contributed by atoms with Crippen molar-refractivity contribution in [1.82, 2.24) is 5.32 Å². The summed E-state index contributed by atoms with van der Waals surface area (Å²) < 4.78 is 5.19. The fraction of sp³-hybridized carbons (Fsp3) is 0.571. The number of benzene rings is 1. The van der Waals surface area contributed by atoms with E-state index in [1.807, 2.05) is 0 Å². The van der Waals surface area contributed by atoms with Crippen LogP contribution in [-0.4, -0.2) is 13.7 Å². The summed E-state index contributed by atoms with van der Waals surface area (Å²) in [7, 11) is 1.71. The van der Waals surface area contributed by atoms with Gasteiger partial charge in [-0.3, -0.25) is 0 Å². The van der Waals surface area contributed by atoms with Gasteiger partial charge < -0.3 is 10.1 Å². The van der Waals surface area contributed by atoms with Gasteiger partial charge in [0.1, 0.15) is 5.75 Å². The number of hydrogen-bond acceptors (Lipinski definition) is 2. The van der Waals surface area contributed by atoms with Crippen LogP contribution < -0.4 is 10.1 Å². The molecule has 1 aromatic carbocycles. The van der Waals surface area contributed by atoms with Gasteiger partial charge in [0.25, 0.3) is 0 Å². The van der Waals surface area contributed by atoms with Crippen molar-refractivity contribution in [3.63, 3.8) is 0 Å². The van der Waals surface area contributed by atoms with E-state index in [0.29, 0.717) is 6.04 Å². The molecule has 16 heavy (non-hydrogen) atoms. The van der Waals surface area contributed by atoms with Crippen LogP contribution in [0.15, 0.2) is 24.3 Å². The fourth-order valence-electron chi connectivity index (χ4n) is 2.10. The van der Waals surface area contributed by atoms with Crippen LogP contribution in [0.3, 0.4) is 0 Å². The number of rotatable bonds is 6. The van der Waals surface area contributed by atoms with Crippen molar-refractivity contribution in [3.05, 3.63) is 29.8 Å². The van der Waals surface area contributed by atoms with Gasteiger partial charge in [0.15, 0.2) is 0 Å². The van der Waals surface area contributed by atoms with Gasteiger partial charge in [-0.25, -0.2) is 0 Å². The predicted molar refractivity (Wildman–Crippen MR) is 66.8 cm³/mol. The summed E-state index contributed by atoms with van der Waals surface area (Å²) in [5.41, 5.74) is 1.40.